The van der Waals surface area contributed by atoms with Gasteiger partial charge in [-0.2, -0.15) is 0 Å². The lowest BCUT2D eigenvalue weighted by Gasteiger charge is -2.27. The van der Waals surface area contributed by atoms with Crippen molar-refractivity contribution in [3.8, 4) is 0 Å². The molecule has 0 saturated carbocycles. The average Bonchev–Trinajstić information content (AvgIpc) is 2.78. The summed E-state index contributed by atoms with van der Waals surface area (Å²) in [6, 6.07) is 0. The maximum atomic E-state index is 5.93. The minimum absolute atomic E-state index is 0.0217. The minimum atomic E-state index is -0.482. The first-order chi connectivity index (χ1) is 9.59. The molecule has 0 radical (unpaired) electrons. The molecule has 3 unspecified atom stereocenters. The van der Waals surface area contributed by atoms with Crippen LogP contribution in [0.4, 0.5) is 0 Å². The van der Waals surface area contributed by atoms with Gasteiger partial charge < -0.3 is 23.7 Å². The number of ether oxygens (including phenoxy) is 5. The van der Waals surface area contributed by atoms with Crippen LogP contribution in [0.5, 0.6) is 0 Å². The molecule has 0 aromatic rings. The molecule has 0 aromatic heterocycles. The first-order valence-electron chi connectivity index (χ1n) is 7.75. The summed E-state index contributed by atoms with van der Waals surface area (Å²) >= 11 is 0. The maximum Gasteiger partial charge on any atom is 0.163 e. The smallest absolute Gasteiger partial charge is 0.163 e. The zero-order valence-electron chi connectivity index (χ0n) is 12.9. The Morgan fingerprint density at radius 1 is 1.30 bits per heavy atom. The van der Waals surface area contributed by atoms with Gasteiger partial charge >= 0.3 is 0 Å². The molecule has 0 amide bonds. The predicted molar refractivity (Wildman–Crippen MR) is 74.5 cm³/mol. The summed E-state index contributed by atoms with van der Waals surface area (Å²) < 4.78 is 28.4. The second-order valence-corrected chi connectivity index (χ2v) is 5.95. The summed E-state index contributed by atoms with van der Waals surface area (Å²) in [4.78, 5) is 0. The van der Waals surface area contributed by atoms with Gasteiger partial charge in [0.05, 0.1) is 25.9 Å². The maximum absolute atomic E-state index is 5.93. The standard InChI is InChI=1S/C15H28O5/c1-4-12(19-14-7-5-6-8-17-14)9-16-10-13-11-18-15(2,3)20-13/h12-14H,4-11H2,1-3H3. The van der Waals surface area contributed by atoms with Crippen molar-refractivity contribution >= 4 is 0 Å². The van der Waals surface area contributed by atoms with E-state index in [0.29, 0.717) is 19.8 Å². The van der Waals surface area contributed by atoms with Crippen molar-refractivity contribution < 1.29 is 23.7 Å². The van der Waals surface area contributed by atoms with Gasteiger partial charge in [0.1, 0.15) is 6.10 Å². The molecule has 2 aliphatic rings. The molecule has 0 bridgehead atoms. The third-order valence-corrected chi connectivity index (χ3v) is 3.61. The van der Waals surface area contributed by atoms with Gasteiger partial charge in [0.2, 0.25) is 0 Å². The number of rotatable bonds is 7. The largest absolute Gasteiger partial charge is 0.376 e. The van der Waals surface area contributed by atoms with E-state index in [9.17, 15) is 0 Å². The fourth-order valence-electron chi connectivity index (χ4n) is 2.46. The van der Waals surface area contributed by atoms with Crippen molar-refractivity contribution in [2.24, 2.45) is 0 Å². The Bertz CT molecular complexity index is 275. The normalized spacial score (nSPS) is 31.4. The molecular formula is C15H28O5. The van der Waals surface area contributed by atoms with Gasteiger partial charge in [-0.15, -0.1) is 0 Å². The fraction of sp³-hybridized carbons (Fsp3) is 1.00. The summed E-state index contributed by atoms with van der Waals surface area (Å²) in [5, 5.41) is 0. The van der Waals surface area contributed by atoms with E-state index < -0.39 is 5.79 Å². The van der Waals surface area contributed by atoms with Gasteiger partial charge in [-0.05, 0) is 39.5 Å². The molecule has 3 atom stereocenters. The van der Waals surface area contributed by atoms with Crippen LogP contribution in [0, 0.1) is 0 Å². The topological polar surface area (TPSA) is 46.2 Å². The minimum Gasteiger partial charge on any atom is -0.376 e. The number of hydrogen-bond donors (Lipinski definition) is 0. The highest BCUT2D eigenvalue weighted by Crippen LogP contribution is 2.22. The third-order valence-electron chi connectivity index (χ3n) is 3.61. The van der Waals surface area contributed by atoms with E-state index in [2.05, 4.69) is 6.92 Å². The van der Waals surface area contributed by atoms with Gasteiger partial charge in [0.15, 0.2) is 12.1 Å². The van der Waals surface area contributed by atoms with Gasteiger partial charge in [-0.3, -0.25) is 0 Å². The summed E-state index contributed by atoms with van der Waals surface area (Å²) in [7, 11) is 0. The molecule has 2 rings (SSSR count). The molecular weight excluding hydrogens is 260 g/mol. The zero-order chi connectivity index (χ0) is 14.4. The Morgan fingerprint density at radius 2 is 2.15 bits per heavy atom. The molecule has 0 spiro atoms. The first kappa shape index (κ1) is 16.2. The van der Waals surface area contributed by atoms with Crippen LogP contribution >= 0.6 is 0 Å². The van der Waals surface area contributed by atoms with Gasteiger partial charge in [0.25, 0.3) is 0 Å². The molecule has 5 nitrogen and oxygen atoms in total. The van der Waals surface area contributed by atoms with E-state index in [1.54, 1.807) is 0 Å². The van der Waals surface area contributed by atoms with E-state index in [4.69, 9.17) is 23.7 Å². The summed E-state index contributed by atoms with van der Waals surface area (Å²) in [5.74, 6) is -0.482. The summed E-state index contributed by atoms with van der Waals surface area (Å²) in [5.41, 5.74) is 0. The molecule has 0 N–H and O–H groups in total. The molecule has 0 aliphatic carbocycles. The lowest BCUT2D eigenvalue weighted by Crippen LogP contribution is -2.31. The number of hydrogen-bond acceptors (Lipinski definition) is 5. The Morgan fingerprint density at radius 3 is 2.75 bits per heavy atom. The van der Waals surface area contributed by atoms with E-state index in [0.717, 1.165) is 25.9 Å². The summed E-state index contributed by atoms with van der Waals surface area (Å²) in [6.45, 7) is 8.48. The van der Waals surface area contributed by atoms with Crippen molar-refractivity contribution in [2.75, 3.05) is 26.4 Å². The van der Waals surface area contributed by atoms with E-state index >= 15 is 0 Å². The van der Waals surface area contributed by atoms with Crippen LogP contribution in [0.25, 0.3) is 0 Å². The van der Waals surface area contributed by atoms with Crippen molar-refractivity contribution in [1.29, 1.82) is 0 Å². The predicted octanol–water partition coefficient (Wildman–Crippen LogP) is 2.48. The molecule has 2 fully saturated rings. The second-order valence-electron chi connectivity index (χ2n) is 5.95. The molecule has 5 heteroatoms. The average molecular weight is 288 g/mol. The van der Waals surface area contributed by atoms with Crippen LogP contribution in [-0.4, -0.2) is 50.7 Å². The van der Waals surface area contributed by atoms with E-state index in [1.165, 1.54) is 6.42 Å². The van der Waals surface area contributed by atoms with Gasteiger partial charge in [-0.1, -0.05) is 6.92 Å². The van der Waals surface area contributed by atoms with Crippen molar-refractivity contribution in [2.45, 2.75) is 70.7 Å². The molecule has 20 heavy (non-hydrogen) atoms. The second kappa shape index (κ2) is 7.71. The van der Waals surface area contributed by atoms with Crippen LogP contribution in [0.15, 0.2) is 0 Å². The van der Waals surface area contributed by atoms with E-state index in [1.807, 2.05) is 13.8 Å². The first-order valence-corrected chi connectivity index (χ1v) is 7.75. The molecule has 118 valence electrons. The SMILES string of the molecule is CCC(COCC1COC(C)(C)O1)OC1CCCCO1. The molecule has 2 saturated heterocycles. The Kier molecular flexibility index (Phi) is 6.23. The lowest BCUT2D eigenvalue weighted by molar-refractivity contribution is -0.200. The lowest BCUT2D eigenvalue weighted by atomic mass is 10.2. The highest BCUT2D eigenvalue weighted by molar-refractivity contribution is 4.70. The van der Waals surface area contributed by atoms with Gasteiger partial charge in [-0.25, -0.2) is 0 Å². The quantitative estimate of drug-likeness (QED) is 0.720. The highest BCUT2D eigenvalue weighted by Gasteiger charge is 2.32. The van der Waals surface area contributed by atoms with Crippen LogP contribution in [0.3, 0.4) is 0 Å². The molecule has 2 heterocycles. The van der Waals surface area contributed by atoms with Crippen molar-refractivity contribution in [3.05, 3.63) is 0 Å². The Balaban J connectivity index is 1.61. The Hall–Kier alpha value is -0.200. The fourth-order valence-corrected chi connectivity index (χ4v) is 2.46. The molecule has 2 aliphatic heterocycles. The van der Waals surface area contributed by atoms with Crippen molar-refractivity contribution in [1.82, 2.24) is 0 Å². The van der Waals surface area contributed by atoms with Crippen LogP contribution in [0.1, 0.15) is 46.5 Å². The van der Waals surface area contributed by atoms with Crippen LogP contribution in [0.2, 0.25) is 0 Å². The molecule has 0 aromatic carbocycles. The summed E-state index contributed by atoms with van der Waals surface area (Å²) in [6.07, 6.45) is 4.30. The highest BCUT2D eigenvalue weighted by atomic mass is 16.7. The van der Waals surface area contributed by atoms with E-state index in [-0.39, 0.29) is 18.5 Å². The zero-order valence-corrected chi connectivity index (χ0v) is 12.9. The monoisotopic (exact) mass is 288 g/mol. The van der Waals surface area contributed by atoms with Crippen LogP contribution in [-0.2, 0) is 23.7 Å². The Labute approximate surface area is 121 Å². The third kappa shape index (κ3) is 5.30. The van der Waals surface area contributed by atoms with Gasteiger partial charge in [0, 0.05) is 6.61 Å². The van der Waals surface area contributed by atoms with Crippen molar-refractivity contribution in [3.63, 3.8) is 0 Å². The van der Waals surface area contributed by atoms with Crippen LogP contribution < -0.4 is 0 Å².